The first kappa shape index (κ1) is 31.0. The first-order chi connectivity index (χ1) is 20.2. The highest BCUT2D eigenvalue weighted by Crippen LogP contribution is 2.39. The number of nitrogens with zero attached hydrogens (tertiary/aromatic N) is 3. The minimum absolute atomic E-state index is 0.0467. The number of nitrogens with one attached hydrogen (secondary N) is 2. The molecule has 0 spiro atoms. The van der Waals surface area contributed by atoms with Crippen molar-refractivity contribution in [3.8, 4) is 17.0 Å². The van der Waals surface area contributed by atoms with Gasteiger partial charge in [0.05, 0.1) is 11.3 Å². The van der Waals surface area contributed by atoms with Gasteiger partial charge in [0.15, 0.2) is 5.03 Å². The average Bonchev–Trinajstić information content (AvgIpc) is 3.60. The molecule has 0 saturated heterocycles. The Labute approximate surface area is 251 Å². The zero-order chi connectivity index (χ0) is 31.0. The molecular formula is C29H38BN5O7S. The Bertz CT molecular complexity index is 1600. The Balaban J connectivity index is 1.34. The van der Waals surface area contributed by atoms with E-state index in [1.54, 1.807) is 26.1 Å². The maximum absolute atomic E-state index is 13.1. The molecule has 1 saturated carbocycles. The van der Waals surface area contributed by atoms with Gasteiger partial charge < -0.3 is 25.2 Å². The smallest absolute Gasteiger partial charge is 0.459 e. The van der Waals surface area contributed by atoms with Crippen LogP contribution in [0.3, 0.4) is 0 Å². The van der Waals surface area contributed by atoms with E-state index >= 15 is 0 Å². The topological polar surface area (TPSA) is 176 Å². The number of aliphatic hydroxyl groups is 1. The Hall–Kier alpha value is -3.46. The summed E-state index contributed by atoms with van der Waals surface area (Å²) in [7, 11) is -5.95. The minimum atomic E-state index is -4.32. The molecule has 2 heterocycles. The third-order valence-electron chi connectivity index (χ3n) is 8.25. The fraction of sp³-hybridized carbons (Fsp3) is 0.483. The highest BCUT2D eigenvalue weighted by molar-refractivity contribution is 7.90. The van der Waals surface area contributed by atoms with Crippen LogP contribution in [0.4, 0.5) is 10.5 Å². The highest BCUT2D eigenvalue weighted by atomic mass is 32.2. The summed E-state index contributed by atoms with van der Waals surface area (Å²) in [5.41, 5.74) is 3.36. The second-order valence-electron chi connectivity index (χ2n) is 12.4. The Morgan fingerprint density at radius 2 is 1.93 bits per heavy atom. The number of sulfonamides is 1. The van der Waals surface area contributed by atoms with Gasteiger partial charge in [-0.25, -0.2) is 14.5 Å². The molecule has 2 aliphatic rings. The zero-order valence-electron chi connectivity index (χ0n) is 24.6. The lowest BCUT2D eigenvalue weighted by molar-refractivity contribution is -0.0117. The van der Waals surface area contributed by atoms with Crippen molar-refractivity contribution in [2.75, 3.05) is 5.32 Å². The van der Waals surface area contributed by atoms with E-state index in [9.17, 15) is 28.4 Å². The van der Waals surface area contributed by atoms with Crippen LogP contribution in [-0.2, 0) is 29.4 Å². The van der Waals surface area contributed by atoms with Gasteiger partial charge in [0, 0.05) is 35.9 Å². The van der Waals surface area contributed by atoms with E-state index in [2.05, 4.69) is 20.1 Å². The lowest BCUT2D eigenvalue weighted by Crippen LogP contribution is -2.35. The van der Waals surface area contributed by atoms with Crippen molar-refractivity contribution in [2.45, 2.75) is 94.3 Å². The van der Waals surface area contributed by atoms with Crippen molar-refractivity contribution in [2.24, 2.45) is 0 Å². The Morgan fingerprint density at radius 1 is 1.19 bits per heavy atom. The summed E-state index contributed by atoms with van der Waals surface area (Å²) >= 11 is 0. The fourth-order valence-electron chi connectivity index (χ4n) is 5.58. The van der Waals surface area contributed by atoms with Crippen LogP contribution in [0.1, 0.15) is 64.0 Å². The van der Waals surface area contributed by atoms with Gasteiger partial charge in [0.2, 0.25) is 5.88 Å². The fourth-order valence-corrected chi connectivity index (χ4v) is 6.43. The summed E-state index contributed by atoms with van der Waals surface area (Å²) in [5, 5.41) is 34.8. The van der Waals surface area contributed by atoms with Crippen molar-refractivity contribution in [1.82, 2.24) is 19.5 Å². The molecule has 5 N–H and O–H groups in total. The average molecular weight is 612 g/mol. The molecule has 1 aromatic carbocycles. The number of carbonyl (C=O) groups is 1. The summed E-state index contributed by atoms with van der Waals surface area (Å²) in [5.74, 6) is 0.440. The number of benzene rings is 1. The van der Waals surface area contributed by atoms with Crippen molar-refractivity contribution in [3.63, 3.8) is 0 Å². The van der Waals surface area contributed by atoms with Crippen LogP contribution in [0.2, 0.25) is 5.31 Å². The second-order valence-corrected chi connectivity index (χ2v) is 14.1. The number of amides is 2. The van der Waals surface area contributed by atoms with E-state index in [-0.39, 0.29) is 17.7 Å². The highest BCUT2D eigenvalue weighted by Gasteiger charge is 2.34. The van der Waals surface area contributed by atoms with Gasteiger partial charge in [-0.2, -0.15) is 13.5 Å². The molecule has 0 unspecified atom stereocenters. The van der Waals surface area contributed by atoms with Gasteiger partial charge in [-0.1, -0.05) is 26.0 Å². The number of fused-ring (bicyclic) bond motifs is 1. The first-order valence-electron chi connectivity index (χ1n) is 14.5. The molecule has 230 valence electrons. The number of carbonyl (C=O) groups excluding carboxylic acids is 1. The van der Waals surface area contributed by atoms with Crippen LogP contribution in [0.15, 0.2) is 47.8 Å². The molecule has 14 heteroatoms. The zero-order valence-corrected chi connectivity index (χ0v) is 25.4. The standard InChI is InChI=1S/C29H38BN5O7S/c1-28(2,30(38)39)18-35-16-12-25(33-35)43(40,41)34-27(36)32-26-22-6-4-5-19(22)7-8-23(26)20-11-15-31-24(17-20)42-21-9-13-29(3,37)14-10-21/h7-8,11-12,15-17,21,37-39H,4-6,9-10,13-14,18H2,1-3H3,(H2,32,34,36). The predicted octanol–water partition coefficient (Wildman–Crippen LogP) is 3.27. The molecule has 3 aromatic rings. The van der Waals surface area contributed by atoms with E-state index in [0.29, 0.717) is 30.0 Å². The van der Waals surface area contributed by atoms with E-state index in [1.165, 1.54) is 16.9 Å². The largest absolute Gasteiger partial charge is 0.474 e. The number of pyridine rings is 1. The van der Waals surface area contributed by atoms with Gasteiger partial charge in [0.1, 0.15) is 6.10 Å². The van der Waals surface area contributed by atoms with Gasteiger partial charge in [-0.15, -0.1) is 0 Å². The summed E-state index contributed by atoms with van der Waals surface area (Å²) in [6.07, 6.45) is 8.24. The molecular weight excluding hydrogens is 573 g/mol. The lowest BCUT2D eigenvalue weighted by atomic mass is 9.60. The molecule has 12 nitrogen and oxygen atoms in total. The number of aryl methyl sites for hydroxylation is 1. The molecule has 0 radical (unpaired) electrons. The van der Waals surface area contributed by atoms with Crippen molar-refractivity contribution < 1.29 is 33.1 Å². The van der Waals surface area contributed by atoms with E-state index < -0.39 is 34.1 Å². The van der Waals surface area contributed by atoms with Gasteiger partial charge in [-0.05, 0) is 80.7 Å². The van der Waals surface area contributed by atoms with Gasteiger partial charge in [-0.3, -0.25) is 4.68 Å². The van der Waals surface area contributed by atoms with Crippen LogP contribution in [-0.4, -0.2) is 63.2 Å². The Kier molecular flexibility index (Phi) is 8.58. The van der Waals surface area contributed by atoms with Crippen LogP contribution >= 0.6 is 0 Å². The summed E-state index contributed by atoms with van der Waals surface area (Å²) in [6.45, 7) is 5.10. The second kappa shape index (κ2) is 11.9. The van der Waals surface area contributed by atoms with Crippen LogP contribution in [0.25, 0.3) is 11.1 Å². The van der Waals surface area contributed by atoms with Crippen molar-refractivity contribution >= 4 is 28.9 Å². The third kappa shape index (κ3) is 7.20. The number of hydrogen-bond acceptors (Lipinski definition) is 9. The van der Waals surface area contributed by atoms with Gasteiger partial charge >= 0.3 is 13.1 Å². The normalized spacial score (nSPS) is 20.4. The minimum Gasteiger partial charge on any atom is -0.474 e. The number of urea groups is 1. The number of rotatable bonds is 9. The molecule has 2 aromatic heterocycles. The molecule has 2 aliphatic carbocycles. The molecule has 0 bridgehead atoms. The van der Waals surface area contributed by atoms with Crippen LogP contribution in [0.5, 0.6) is 5.88 Å². The molecule has 43 heavy (non-hydrogen) atoms. The first-order valence-corrected chi connectivity index (χ1v) is 15.9. The monoisotopic (exact) mass is 611 g/mol. The van der Waals surface area contributed by atoms with Crippen molar-refractivity contribution in [1.29, 1.82) is 0 Å². The van der Waals surface area contributed by atoms with Gasteiger partial charge in [0.25, 0.3) is 10.0 Å². The summed E-state index contributed by atoms with van der Waals surface area (Å²) < 4.78 is 35.5. The number of aromatic nitrogens is 3. The molecule has 0 aliphatic heterocycles. The predicted molar refractivity (Wildman–Crippen MR) is 161 cm³/mol. The maximum atomic E-state index is 13.1. The van der Waals surface area contributed by atoms with E-state index in [0.717, 1.165) is 48.8 Å². The van der Waals surface area contributed by atoms with Crippen molar-refractivity contribution in [3.05, 3.63) is 53.9 Å². The van der Waals surface area contributed by atoms with E-state index in [4.69, 9.17) is 4.74 Å². The molecule has 5 rings (SSSR count). The van der Waals surface area contributed by atoms with Crippen LogP contribution < -0.4 is 14.8 Å². The quantitative estimate of drug-likeness (QED) is 0.227. The number of hydrogen-bond donors (Lipinski definition) is 5. The summed E-state index contributed by atoms with van der Waals surface area (Å²) in [6, 6.07) is 7.87. The molecule has 1 fully saturated rings. The molecule has 2 amide bonds. The SMILES string of the molecule is CC1(O)CCC(Oc2cc(-c3ccc4c(c3NC(=O)NS(=O)(=O)c3ccn(CC(C)(C)B(O)O)n3)CCC4)ccn2)CC1. The lowest BCUT2D eigenvalue weighted by Gasteiger charge is -2.32. The Morgan fingerprint density at radius 3 is 2.65 bits per heavy atom. The third-order valence-corrected chi connectivity index (χ3v) is 9.47. The number of anilines is 1. The van der Waals surface area contributed by atoms with Crippen LogP contribution in [0, 0.1) is 0 Å². The number of ether oxygens (including phenoxy) is 1. The van der Waals surface area contributed by atoms with E-state index in [1.807, 2.05) is 25.1 Å². The summed E-state index contributed by atoms with van der Waals surface area (Å²) in [4.78, 5) is 17.5. The maximum Gasteiger partial charge on any atom is 0.459 e. The molecule has 0 atom stereocenters.